The maximum atomic E-state index is 14.1. The first-order valence-corrected chi connectivity index (χ1v) is 15.9. The van der Waals surface area contributed by atoms with Crippen LogP contribution in [-0.2, 0) is 12.1 Å². The van der Waals surface area contributed by atoms with Gasteiger partial charge in [0.15, 0.2) is 0 Å². The molecule has 2 aromatic carbocycles. The Morgan fingerprint density at radius 2 is 1.76 bits per heavy atom. The van der Waals surface area contributed by atoms with Crippen molar-refractivity contribution in [2.24, 2.45) is 11.1 Å². The van der Waals surface area contributed by atoms with Crippen molar-refractivity contribution in [3.8, 4) is 5.75 Å². The molecular weight excluding hydrogens is 570 g/mol. The lowest BCUT2D eigenvalue weighted by atomic mass is 9.79. The van der Waals surface area contributed by atoms with E-state index in [1.165, 1.54) is 4.90 Å². The van der Waals surface area contributed by atoms with E-state index >= 15 is 0 Å². The molecule has 3 aromatic rings. The van der Waals surface area contributed by atoms with Gasteiger partial charge < -0.3 is 35.7 Å². The third kappa shape index (κ3) is 6.81. The first-order valence-electron chi connectivity index (χ1n) is 15.9. The summed E-state index contributed by atoms with van der Waals surface area (Å²) in [5.41, 5.74) is 10.3. The SMILES string of the molecule is CCOc1ccc(NC(=O)N(Cc2cc3cc(C)c(C(N)(CC)CC)c(C)c3[nH]c2=O)C2CCN(C(=O)O)C2C(C)(C)C)cc1. The second-order valence-electron chi connectivity index (χ2n) is 13.3. The average molecular weight is 620 g/mol. The van der Waals surface area contributed by atoms with Crippen LogP contribution in [0.3, 0.4) is 0 Å². The largest absolute Gasteiger partial charge is 0.494 e. The van der Waals surface area contributed by atoms with Crippen LogP contribution in [0.5, 0.6) is 5.75 Å². The molecule has 45 heavy (non-hydrogen) atoms. The number of aryl methyl sites for hydroxylation is 2. The third-order valence-corrected chi connectivity index (χ3v) is 9.34. The lowest BCUT2D eigenvalue weighted by Gasteiger charge is -2.41. The van der Waals surface area contributed by atoms with Crippen molar-refractivity contribution >= 4 is 28.7 Å². The number of hydrogen-bond acceptors (Lipinski definition) is 5. The highest BCUT2D eigenvalue weighted by Gasteiger charge is 2.47. The molecule has 1 aliphatic heterocycles. The molecule has 1 fully saturated rings. The number of aromatic amines is 1. The summed E-state index contributed by atoms with van der Waals surface area (Å²) < 4.78 is 5.53. The molecule has 1 aromatic heterocycles. The number of carbonyl (C=O) groups excluding carboxylic acids is 1. The fourth-order valence-electron chi connectivity index (χ4n) is 7.11. The summed E-state index contributed by atoms with van der Waals surface area (Å²) in [7, 11) is 0. The summed E-state index contributed by atoms with van der Waals surface area (Å²) in [5.74, 6) is 0.689. The number of H-pyrrole nitrogens is 1. The minimum atomic E-state index is -1.02. The zero-order valence-corrected chi connectivity index (χ0v) is 27.9. The number of nitrogens with two attached hydrogens (primary N) is 1. The van der Waals surface area contributed by atoms with Gasteiger partial charge in [-0.15, -0.1) is 0 Å². The number of rotatable bonds is 9. The molecule has 2 heterocycles. The third-order valence-electron chi connectivity index (χ3n) is 9.34. The zero-order valence-electron chi connectivity index (χ0n) is 27.9. The Hall–Kier alpha value is -4.05. The number of carbonyl (C=O) groups is 2. The number of anilines is 1. The normalized spacial score (nSPS) is 17.0. The fraction of sp³-hybridized carbons (Fsp3) is 0.514. The molecule has 10 heteroatoms. The number of fused-ring (bicyclic) bond motifs is 1. The molecule has 1 saturated heterocycles. The first kappa shape index (κ1) is 33.8. The lowest BCUT2D eigenvalue weighted by molar-refractivity contribution is 0.0737. The van der Waals surface area contributed by atoms with E-state index in [0.29, 0.717) is 36.6 Å². The Bertz CT molecular complexity index is 1600. The van der Waals surface area contributed by atoms with Crippen molar-refractivity contribution in [2.75, 3.05) is 18.5 Å². The number of carboxylic acid groups (broad SMARTS) is 1. The van der Waals surface area contributed by atoms with Crippen LogP contribution in [0.15, 0.2) is 41.2 Å². The number of pyridine rings is 1. The quantitative estimate of drug-likeness (QED) is 0.210. The molecule has 5 N–H and O–H groups in total. The summed E-state index contributed by atoms with van der Waals surface area (Å²) in [6.45, 7) is 16.8. The molecule has 0 bridgehead atoms. The topological polar surface area (TPSA) is 141 Å². The van der Waals surface area contributed by atoms with Gasteiger partial charge in [0.2, 0.25) is 0 Å². The smallest absolute Gasteiger partial charge is 0.407 e. The Kier molecular flexibility index (Phi) is 9.87. The maximum Gasteiger partial charge on any atom is 0.407 e. The van der Waals surface area contributed by atoms with Crippen molar-refractivity contribution in [1.29, 1.82) is 0 Å². The molecule has 3 amide bonds. The fourth-order valence-corrected chi connectivity index (χ4v) is 7.11. The van der Waals surface area contributed by atoms with Gasteiger partial charge in [-0.3, -0.25) is 4.79 Å². The molecule has 4 rings (SSSR count). The van der Waals surface area contributed by atoms with Crippen LogP contribution >= 0.6 is 0 Å². The highest BCUT2D eigenvalue weighted by molar-refractivity contribution is 5.90. The van der Waals surface area contributed by atoms with E-state index in [2.05, 4.69) is 24.1 Å². The minimum Gasteiger partial charge on any atom is -0.494 e. The van der Waals surface area contributed by atoms with Gasteiger partial charge >= 0.3 is 12.1 Å². The first-order chi connectivity index (χ1) is 21.1. The second kappa shape index (κ2) is 13.1. The monoisotopic (exact) mass is 619 g/mol. The Morgan fingerprint density at radius 3 is 2.31 bits per heavy atom. The van der Waals surface area contributed by atoms with Crippen LogP contribution in [-0.4, -0.2) is 57.2 Å². The summed E-state index contributed by atoms with van der Waals surface area (Å²) in [6.07, 6.45) is 0.956. The number of likely N-dealkylation sites (tertiary alicyclic amines) is 1. The summed E-state index contributed by atoms with van der Waals surface area (Å²) in [5, 5.41) is 13.9. The van der Waals surface area contributed by atoms with E-state index in [1.54, 1.807) is 29.2 Å². The van der Waals surface area contributed by atoms with Gasteiger partial charge in [0, 0.05) is 23.3 Å². The molecule has 1 aliphatic rings. The van der Waals surface area contributed by atoms with Crippen LogP contribution in [0, 0.1) is 19.3 Å². The minimum absolute atomic E-state index is 0.00341. The van der Waals surface area contributed by atoms with Crippen LogP contribution in [0.4, 0.5) is 15.3 Å². The van der Waals surface area contributed by atoms with Gasteiger partial charge in [-0.1, -0.05) is 34.6 Å². The number of urea groups is 1. The number of hydrogen-bond donors (Lipinski definition) is 4. The average Bonchev–Trinajstić information content (AvgIpc) is 3.44. The summed E-state index contributed by atoms with van der Waals surface area (Å²) >= 11 is 0. The highest BCUT2D eigenvalue weighted by atomic mass is 16.5. The van der Waals surface area contributed by atoms with E-state index in [-0.39, 0.29) is 12.1 Å². The zero-order chi connectivity index (χ0) is 33.3. The van der Waals surface area contributed by atoms with Crippen molar-refractivity contribution in [1.82, 2.24) is 14.8 Å². The van der Waals surface area contributed by atoms with Gasteiger partial charge in [0.1, 0.15) is 5.75 Å². The van der Waals surface area contributed by atoms with Gasteiger partial charge in [-0.25, -0.2) is 9.59 Å². The lowest BCUT2D eigenvalue weighted by Crippen LogP contribution is -2.55. The molecule has 0 spiro atoms. The summed E-state index contributed by atoms with van der Waals surface area (Å²) in [6, 6.07) is 9.63. The van der Waals surface area contributed by atoms with Crippen LogP contribution < -0.4 is 21.3 Å². The van der Waals surface area contributed by atoms with Crippen LogP contribution in [0.1, 0.15) is 83.1 Å². The Labute approximate surface area is 265 Å². The highest BCUT2D eigenvalue weighted by Crippen LogP contribution is 2.38. The number of nitrogens with one attached hydrogen (secondary N) is 2. The van der Waals surface area contributed by atoms with E-state index in [0.717, 1.165) is 40.4 Å². The van der Waals surface area contributed by atoms with Gasteiger partial charge in [0.05, 0.1) is 30.8 Å². The van der Waals surface area contributed by atoms with Crippen LogP contribution in [0.2, 0.25) is 0 Å². The Morgan fingerprint density at radius 1 is 1.11 bits per heavy atom. The van der Waals surface area contributed by atoms with Crippen molar-refractivity contribution in [3.63, 3.8) is 0 Å². The van der Waals surface area contributed by atoms with Crippen molar-refractivity contribution < 1.29 is 19.4 Å². The van der Waals surface area contributed by atoms with E-state index in [4.69, 9.17) is 10.5 Å². The van der Waals surface area contributed by atoms with E-state index in [1.807, 2.05) is 53.7 Å². The Balaban J connectivity index is 1.79. The second-order valence-corrected chi connectivity index (χ2v) is 13.3. The van der Waals surface area contributed by atoms with E-state index < -0.39 is 35.2 Å². The predicted molar refractivity (Wildman–Crippen MR) is 179 cm³/mol. The summed E-state index contributed by atoms with van der Waals surface area (Å²) in [4.78, 5) is 46.2. The van der Waals surface area contributed by atoms with Gasteiger partial charge in [-0.2, -0.15) is 0 Å². The molecule has 2 unspecified atom stereocenters. The maximum absolute atomic E-state index is 14.1. The molecule has 0 aliphatic carbocycles. The molecule has 244 valence electrons. The number of ether oxygens (including phenoxy) is 1. The van der Waals surface area contributed by atoms with Gasteiger partial charge in [-0.05, 0) is 104 Å². The number of amides is 3. The molecule has 2 atom stereocenters. The van der Waals surface area contributed by atoms with Gasteiger partial charge in [0.25, 0.3) is 5.56 Å². The predicted octanol–water partition coefficient (Wildman–Crippen LogP) is 6.72. The van der Waals surface area contributed by atoms with Crippen molar-refractivity contribution in [3.05, 3.63) is 69.0 Å². The van der Waals surface area contributed by atoms with Crippen LogP contribution in [0.25, 0.3) is 10.9 Å². The molecular formula is C35H49N5O5. The standard InChI is InChI=1S/C35H49N5O5/c1-9-35(36,10-2)28-21(4)18-23-19-24(31(41)38-29(23)22(28)5)20-40(27-16-17-39(33(43)44)30(27)34(6,7)8)32(42)37-25-12-14-26(15-13-25)45-11-3/h12-15,18-19,27,30H,9-11,16-17,20,36H2,1-8H3,(H,37,42)(H,38,41)(H,43,44). The molecule has 0 radical (unpaired) electrons. The number of aromatic nitrogens is 1. The van der Waals surface area contributed by atoms with E-state index in [9.17, 15) is 19.5 Å². The molecule has 10 nitrogen and oxygen atoms in total. The molecule has 0 saturated carbocycles. The van der Waals surface area contributed by atoms with Crippen molar-refractivity contribution in [2.45, 2.75) is 98.8 Å². The number of nitrogens with zero attached hydrogens (tertiary/aromatic N) is 2. The number of benzene rings is 2.